The molecule has 0 bridgehead atoms. The van der Waals surface area contributed by atoms with Crippen LogP contribution in [-0.4, -0.2) is 30.7 Å². The Balaban J connectivity index is 1.49. The van der Waals surface area contributed by atoms with Gasteiger partial charge >= 0.3 is 7.12 Å². The van der Waals surface area contributed by atoms with Crippen LogP contribution < -0.4 is 5.46 Å². The Kier molecular flexibility index (Phi) is 6.37. The van der Waals surface area contributed by atoms with E-state index in [9.17, 15) is 4.79 Å². The van der Waals surface area contributed by atoms with Crippen LogP contribution in [0.15, 0.2) is 48.5 Å². The van der Waals surface area contributed by atoms with Crippen molar-refractivity contribution in [3.05, 3.63) is 65.2 Å². The fraction of sp³-hybridized carbons (Fsp3) is 0.519. The maximum Gasteiger partial charge on any atom is 0.495 e. The molecule has 170 valence electrons. The predicted octanol–water partition coefficient (Wildman–Crippen LogP) is 4.89. The molecule has 1 heterocycles. The average molecular weight is 434 g/mol. The van der Waals surface area contributed by atoms with Gasteiger partial charge in [0.05, 0.1) is 17.8 Å². The number of Topliss-reactive ketones (excluding diaryl/α,β-unsaturated/α-hetero) is 1. The summed E-state index contributed by atoms with van der Waals surface area (Å²) >= 11 is 0. The first-order chi connectivity index (χ1) is 15.1. The first-order valence-corrected chi connectivity index (χ1v) is 11.7. The summed E-state index contributed by atoms with van der Waals surface area (Å²) in [5, 5.41) is 0. The van der Waals surface area contributed by atoms with Crippen LogP contribution >= 0.6 is 0 Å². The van der Waals surface area contributed by atoms with E-state index >= 15 is 0 Å². The summed E-state index contributed by atoms with van der Waals surface area (Å²) in [7, 11) is -0.419. The van der Waals surface area contributed by atoms with E-state index in [4.69, 9.17) is 14.0 Å². The van der Waals surface area contributed by atoms with E-state index in [2.05, 4.69) is 65.0 Å². The van der Waals surface area contributed by atoms with Crippen LogP contribution in [-0.2, 0) is 30.9 Å². The third-order valence-electron chi connectivity index (χ3n) is 7.41. The molecule has 0 atom stereocenters. The van der Waals surface area contributed by atoms with Crippen molar-refractivity contribution in [2.24, 2.45) is 0 Å². The number of benzene rings is 2. The van der Waals surface area contributed by atoms with Gasteiger partial charge in [0.1, 0.15) is 5.78 Å². The van der Waals surface area contributed by atoms with E-state index in [1.165, 1.54) is 16.7 Å². The second kappa shape index (κ2) is 8.77. The van der Waals surface area contributed by atoms with Gasteiger partial charge in [-0.3, -0.25) is 4.79 Å². The first-order valence-electron chi connectivity index (χ1n) is 11.7. The molecule has 1 aliphatic carbocycles. The highest BCUT2D eigenvalue weighted by molar-refractivity contribution is 6.62. The molecule has 2 aromatic rings. The largest absolute Gasteiger partial charge is 0.495 e. The van der Waals surface area contributed by atoms with Gasteiger partial charge in [-0.1, -0.05) is 54.1 Å². The van der Waals surface area contributed by atoms with Gasteiger partial charge in [-0.25, -0.2) is 0 Å². The SMILES string of the molecule is Cc1ccc(B2OC(C)(C)C(C)(C)O2)c(C2(CCCOCc3ccccc3)CC(=O)C2)c1. The molecule has 1 saturated carbocycles. The average Bonchev–Trinajstić information content (AvgIpc) is 2.93. The number of aryl methyl sites for hydroxylation is 1. The maximum absolute atomic E-state index is 12.2. The van der Waals surface area contributed by atoms with Gasteiger partial charge in [0.15, 0.2) is 0 Å². The van der Waals surface area contributed by atoms with Crippen molar-refractivity contribution in [2.75, 3.05) is 6.61 Å². The maximum atomic E-state index is 12.2. The van der Waals surface area contributed by atoms with Gasteiger partial charge in [-0.15, -0.1) is 0 Å². The number of rotatable bonds is 8. The Morgan fingerprint density at radius 2 is 1.62 bits per heavy atom. The Morgan fingerprint density at radius 3 is 2.25 bits per heavy atom. The zero-order chi connectivity index (χ0) is 23.0. The minimum atomic E-state index is -0.419. The smallest absolute Gasteiger partial charge is 0.399 e. The van der Waals surface area contributed by atoms with Gasteiger partial charge in [0.2, 0.25) is 0 Å². The van der Waals surface area contributed by atoms with Gasteiger partial charge in [0, 0.05) is 24.9 Å². The molecule has 0 radical (unpaired) electrons. The van der Waals surface area contributed by atoms with Gasteiger partial charge in [-0.2, -0.15) is 0 Å². The van der Waals surface area contributed by atoms with E-state index in [0.717, 1.165) is 18.3 Å². The van der Waals surface area contributed by atoms with Crippen LogP contribution in [0.1, 0.15) is 70.1 Å². The van der Waals surface area contributed by atoms with Crippen molar-refractivity contribution in [1.82, 2.24) is 0 Å². The van der Waals surface area contributed by atoms with E-state index in [-0.39, 0.29) is 5.41 Å². The Labute approximate surface area is 192 Å². The Morgan fingerprint density at radius 1 is 0.969 bits per heavy atom. The third-order valence-corrected chi connectivity index (χ3v) is 7.41. The number of ether oxygens (including phenoxy) is 1. The van der Waals surface area contributed by atoms with Crippen molar-refractivity contribution < 1.29 is 18.8 Å². The van der Waals surface area contributed by atoms with Crippen LogP contribution in [0, 0.1) is 6.92 Å². The minimum absolute atomic E-state index is 0.155. The molecule has 32 heavy (non-hydrogen) atoms. The molecule has 2 aromatic carbocycles. The van der Waals surface area contributed by atoms with E-state index in [1.807, 2.05) is 18.2 Å². The van der Waals surface area contributed by atoms with Crippen molar-refractivity contribution >= 4 is 18.4 Å². The minimum Gasteiger partial charge on any atom is -0.399 e. The molecule has 5 heteroatoms. The molecule has 1 aliphatic heterocycles. The molecule has 2 aliphatic rings. The number of carbonyl (C=O) groups is 1. The van der Waals surface area contributed by atoms with Gasteiger partial charge in [0.25, 0.3) is 0 Å². The fourth-order valence-electron chi connectivity index (χ4n) is 4.79. The highest BCUT2D eigenvalue weighted by atomic mass is 16.7. The lowest BCUT2D eigenvalue weighted by Crippen LogP contribution is -2.49. The lowest BCUT2D eigenvalue weighted by atomic mass is 9.57. The van der Waals surface area contributed by atoms with E-state index in [0.29, 0.717) is 31.8 Å². The second-order valence-electron chi connectivity index (χ2n) is 10.5. The molecule has 0 unspecified atom stereocenters. The van der Waals surface area contributed by atoms with E-state index in [1.54, 1.807) is 0 Å². The summed E-state index contributed by atoms with van der Waals surface area (Å²) in [4.78, 5) is 12.2. The molecule has 0 aromatic heterocycles. The van der Waals surface area contributed by atoms with Crippen molar-refractivity contribution in [3.8, 4) is 0 Å². The lowest BCUT2D eigenvalue weighted by molar-refractivity contribution is -0.128. The monoisotopic (exact) mass is 434 g/mol. The van der Waals surface area contributed by atoms with E-state index < -0.39 is 18.3 Å². The molecular weight excluding hydrogens is 399 g/mol. The molecule has 0 N–H and O–H groups in total. The number of hydrogen-bond acceptors (Lipinski definition) is 4. The molecule has 1 saturated heterocycles. The third kappa shape index (κ3) is 4.57. The number of hydrogen-bond donors (Lipinski definition) is 0. The van der Waals surface area contributed by atoms with Gasteiger partial charge in [-0.05, 0) is 64.1 Å². The van der Waals surface area contributed by atoms with Crippen LogP contribution in [0.4, 0.5) is 0 Å². The van der Waals surface area contributed by atoms with Crippen LogP contribution in [0.3, 0.4) is 0 Å². The summed E-state index contributed by atoms with van der Waals surface area (Å²) in [5.41, 5.74) is 3.70. The van der Waals surface area contributed by atoms with Crippen molar-refractivity contribution in [3.63, 3.8) is 0 Å². The van der Waals surface area contributed by atoms with Crippen molar-refractivity contribution in [1.29, 1.82) is 0 Å². The second-order valence-corrected chi connectivity index (χ2v) is 10.5. The zero-order valence-electron chi connectivity index (χ0n) is 20.1. The van der Waals surface area contributed by atoms with Crippen LogP contribution in [0.2, 0.25) is 0 Å². The molecule has 2 fully saturated rings. The molecule has 4 nitrogen and oxygen atoms in total. The number of carbonyl (C=O) groups excluding carboxylic acids is 1. The summed E-state index contributed by atoms with van der Waals surface area (Å²) in [5.74, 6) is 0.330. The quantitative estimate of drug-likeness (QED) is 0.438. The summed E-state index contributed by atoms with van der Waals surface area (Å²) in [6, 6.07) is 16.7. The normalized spacial score (nSPS) is 20.9. The van der Waals surface area contributed by atoms with Gasteiger partial charge < -0.3 is 14.0 Å². The first kappa shape index (κ1) is 23.2. The standard InChI is InChI=1S/C27H35BO4/c1-20-12-13-24(28-31-25(2,3)26(4,5)32-28)23(16-20)27(17-22(29)18-27)14-9-15-30-19-21-10-7-6-8-11-21/h6-8,10-13,16H,9,14-15,17-19H2,1-5H3. The van der Waals surface area contributed by atoms with Crippen LogP contribution in [0.5, 0.6) is 0 Å². The molecule has 4 rings (SSSR count). The summed E-state index contributed by atoms with van der Waals surface area (Å²) < 4.78 is 18.7. The predicted molar refractivity (Wildman–Crippen MR) is 128 cm³/mol. The van der Waals surface area contributed by atoms with Crippen molar-refractivity contribution in [2.45, 2.75) is 83.5 Å². The Hall–Kier alpha value is -1.95. The lowest BCUT2D eigenvalue weighted by Gasteiger charge is -2.43. The zero-order valence-corrected chi connectivity index (χ0v) is 20.1. The molecule has 0 spiro atoms. The highest BCUT2D eigenvalue weighted by Gasteiger charge is 2.54. The highest BCUT2D eigenvalue weighted by Crippen LogP contribution is 2.46. The molecular formula is C27H35BO4. The summed E-state index contributed by atoms with van der Waals surface area (Å²) in [6.45, 7) is 11.7. The topological polar surface area (TPSA) is 44.8 Å². The number of ketones is 1. The van der Waals surface area contributed by atoms with Crippen LogP contribution in [0.25, 0.3) is 0 Å². The summed E-state index contributed by atoms with van der Waals surface area (Å²) in [6.07, 6.45) is 3.00. The molecule has 0 amide bonds. The fourth-order valence-corrected chi connectivity index (χ4v) is 4.79. The Bertz CT molecular complexity index is 943.